The number of carbonyl (C=O) groups excluding carboxylic acids is 1. The van der Waals surface area contributed by atoms with Gasteiger partial charge < -0.3 is 15.4 Å². The van der Waals surface area contributed by atoms with Gasteiger partial charge in [0.1, 0.15) is 12.4 Å². The molecule has 0 aromatic heterocycles. The third kappa shape index (κ3) is 2.80. The van der Waals surface area contributed by atoms with Gasteiger partial charge in [-0.05, 0) is 43.9 Å². The second-order valence-electron chi connectivity index (χ2n) is 5.72. The van der Waals surface area contributed by atoms with Crippen LogP contribution in [0.4, 0.5) is 0 Å². The molecule has 1 aromatic carbocycles. The normalized spacial score (nSPS) is 20.9. The van der Waals surface area contributed by atoms with Gasteiger partial charge in [0.15, 0.2) is 0 Å². The SMILES string of the molecule is NCCCN(C(=O)C1COc2ccccc2C1)C1CC1. The van der Waals surface area contributed by atoms with E-state index in [0.29, 0.717) is 19.2 Å². The smallest absolute Gasteiger partial charge is 0.229 e. The third-order valence-electron chi connectivity index (χ3n) is 4.10. The number of carbonyl (C=O) groups is 1. The summed E-state index contributed by atoms with van der Waals surface area (Å²) in [7, 11) is 0. The minimum atomic E-state index is -0.0386. The highest BCUT2D eigenvalue weighted by atomic mass is 16.5. The summed E-state index contributed by atoms with van der Waals surface area (Å²) in [5.41, 5.74) is 6.72. The lowest BCUT2D eigenvalue weighted by Crippen LogP contribution is -2.43. The maximum absolute atomic E-state index is 12.7. The minimum Gasteiger partial charge on any atom is -0.492 e. The second-order valence-corrected chi connectivity index (χ2v) is 5.72. The number of benzene rings is 1. The van der Waals surface area contributed by atoms with Crippen LogP contribution in [0.5, 0.6) is 5.75 Å². The Hall–Kier alpha value is -1.55. The molecule has 2 N–H and O–H groups in total. The van der Waals surface area contributed by atoms with Gasteiger partial charge in [-0.25, -0.2) is 0 Å². The summed E-state index contributed by atoms with van der Waals surface area (Å²) >= 11 is 0. The van der Waals surface area contributed by atoms with Crippen LogP contribution in [0.2, 0.25) is 0 Å². The fraction of sp³-hybridized carbons (Fsp3) is 0.562. The predicted molar refractivity (Wildman–Crippen MR) is 77.5 cm³/mol. The molecule has 1 saturated carbocycles. The molecule has 3 rings (SSSR count). The van der Waals surface area contributed by atoms with Crippen molar-refractivity contribution in [1.29, 1.82) is 0 Å². The summed E-state index contributed by atoms with van der Waals surface area (Å²) in [5, 5.41) is 0. The fourth-order valence-electron chi connectivity index (χ4n) is 2.84. The second kappa shape index (κ2) is 5.83. The molecule has 0 radical (unpaired) electrons. The lowest BCUT2D eigenvalue weighted by molar-refractivity contribution is -0.137. The minimum absolute atomic E-state index is 0.0386. The molecule has 0 bridgehead atoms. The number of fused-ring (bicyclic) bond motifs is 1. The molecule has 1 fully saturated rings. The van der Waals surface area contributed by atoms with Crippen LogP contribution >= 0.6 is 0 Å². The van der Waals surface area contributed by atoms with Crippen molar-refractivity contribution in [2.45, 2.75) is 31.7 Å². The first-order valence-electron chi connectivity index (χ1n) is 7.51. The van der Waals surface area contributed by atoms with E-state index in [1.807, 2.05) is 23.1 Å². The summed E-state index contributed by atoms with van der Waals surface area (Å²) in [6.07, 6.45) is 3.95. The van der Waals surface area contributed by atoms with Crippen LogP contribution in [0.1, 0.15) is 24.8 Å². The van der Waals surface area contributed by atoms with E-state index in [1.54, 1.807) is 0 Å². The standard InChI is InChI=1S/C16H22N2O2/c17-8-3-9-18(14-6-7-14)16(19)13-10-12-4-1-2-5-15(12)20-11-13/h1-2,4-5,13-14H,3,6-11,17H2. The number of hydrogen-bond donors (Lipinski definition) is 1. The average Bonchev–Trinajstić information content (AvgIpc) is 3.32. The van der Waals surface area contributed by atoms with Gasteiger partial charge in [-0.15, -0.1) is 0 Å². The predicted octanol–water partition coefficient (Wildman–Crippen LogP) is 1.58. The zero-order valence-electron chi connectivity index (χ0n) is 11.8. The van der Waals surface area contributed by atoms with Crippen LogP contribution in [-0.4, -0.2) is 36.5 Å². The van der Waals surface area contributed by atoms with Crippen molar-refractivity contribution in [1.82, 2.24) is 4.90 Å². The van der Waals surface area contributed by atoms with Crippen molar-refractivity contribution in [2.24, 2.45) is 11.7 Å². The highest BCUT2D eigenvalue weighted by Crippen LogP contribution is 2.32. The van der Waals surface area contributed by atoms with Crippen molar-refractivity contribution >= 4 is 5.91 Å². The molecule has 4 heteroatoms. The molecule has 1 aromatic rings. The lowest BCUT2D eigenvalue weighted by atomic mass is 9.95. The van der Waals surface area contributed by atoms with Crippen LogP contribution in [-0.2, 0) is 11.2 Å². The van der Waals surface area contributed by atoms with E-state index in [-0.39, 0.29) is 11.8 Å². The molecule has 0 saturated heterocycles. The first kappa shape index (κ1) is 13.4. The van der Waals surface area contributed by atoms with Crippen LogP contribution in [0.3, 0.4) is 0 Å². The number of nitrogens with two attached hydrogens (primary N) is 1. The fourth-order valence-corrected chi connectivity index (χ4v) is 2.84. The van der Waals surface area contributed by atoms with Crippen molar-refractivity contribution in [2.75, 3.05) is 19.7 Å². The highest BCUT2D eigenvalue weighted by Gasteiger charge is 2.36. The number of amides is 1. The maximum Gasteiger partial charge on any atom is 0.229 e. The van der Waals surface area contributed by atoms with E-state index in [9.17, 15) is 4.79 Å². The highest BCUT2D eigenvalue weighted by molar-refractivity contribution is 5.80. The monoisotopic (exact) mass is 274 g/mol. The van der Waals surface area contributed by atoms with Crippen LogP contribution in [0.25, 0.3) is 0 Å². The number of ether oxygens (including phenoxy) is 1. The first-order chi connectivity index (χ1) is 9.79. The molecular weight excluding hydrogens is 252 g/mol. The van der Waals surface area contributed by atoms with E-state index < -0.39 is 0 Å². The quantitative estimate of drug-likeness (QED) is 0.887. The molecule has 2 aliphatic rings. The summed E-state index contributed by atoms with van der Waals surface area (Å²) in [6, 6.07) is 8.45. The summed E-state index contributed by atoms with van der Waals surface area (Å²) in [4.78, 5) is 14.7. The number of nitrogens with zero attached hydrogens (tertiary/aromatic N) is 1. The van der Waals surface area contributed by atoms with Gasteiger partial charge in [-0.1, -0.05) is 18.2 Å². The molecule has 20 heavy (non-hydrogen) atoms. The molecule has 1 atom stereocenters. The van der Waals surface area contributed by atoms with Gasteiger partial charge in [-0.2, -0.15) is 0 Å². The molecular formula is C16H22N2O2. The third-order valence-corrected chi connectivity index (χ3v) is 4.10. The van der Waals surface area contributed by atoms with E-state index in [2.05, 4.69) is 6.07 Å². The van der Waals surface area contributed by atoms with Crippen molar-refractivity contribution < 1.29 is 9.53 Å². The van der Waals surface area contributed by atoms with E-state index in [0.717, 1.165) is 43.5 Å². The van der Waals surface area contributed by atoms with Crippen LogP contribution in [0.15, 0.2) is 24.3 Å². The van der Waals surface area contributed by atoms with Gasteiger partial charge >= 0.3 is 0 Å². The summed E-state index contributed by atoms with van der Waals surface area (Å²) in [5.74, 6) is 1.13. The van der Waals surface area contributed by atoms with Crippen LogP contribution in [0, 0.1) is 5.92 Å². The summed E-state index contributed by atoms with van der Waals surface area (Å²) < 4.78 is 5.74. The Morgan fingerprint density at radius 2 is 2.15 bits per heavy atom. The van der Waals surface area contributed by atoms with E-state index in [4.69, 9.17) is 10.5 Å². The van der Waals surface area contributed by atoms with Crippen molar-refractivity contribution in [3.8, 4) is 5.75 Å². The Morgan fingerprint density at radius 3 is 2.90 bits per heavy atom. The number of hydrogen-bond acceptors (Lipinski definition) is 3. The Balaban J connectivity index is 1.68. The first-order valence-corrected chi connectivity index (χ1v) is 7.51. The van der Waals surface area contributed by atoms with Gasteiger partial charge in [0.25, 0.3) is 0 Å². The largest absolute Gasteiger partial charge is 0.492 e. The molecule has 1 amide bonds. The molecule has 1 unspecified atom stereocenters. The van der Waals surface area contributed by atoms with E-state index >= 15 is 0 Å². The number of para-hydroxylation sites is 1. The average molecular weight is 274 g/mol. The Bertz CT molecular complexity index is 485. The Kier molecular flexibility index (Phi) is 3.92. The van der Waals surface area contributed by atoms with Gasteiger partial charge in [-0.3, -0.25) is 4.79 Å². The Labute approximate surface area is 119 Å². The molecule has 4 nitrogen and oxygen atoms in total. The van der Waals surface area contributed by atoms with Crippen molar-refractivity contribution in [3.05, 3.63) is 29.8 Å². The molecule has 108 valence electrons. The molecule has 1 aliphatic carbocycles. The number of rotatable bonds is 5. The van der Waals surface area contributed by atoms with Gasteiger partial charge in [0, 0.05) is 12.6 Å². The summed E-state index contributed by atoms with van der Waals surface area (Å²) in [6.45, 7) is 1.93. The lowest BCUT2D eigenvalue weighted by Gasteiger charge is -2.30. The van der Waals surface area contributed by atoms with E-state index in [1.165, 1.54) is 0 Å². The molecule has 1 aliphatic heterocycles. The van der Waals surface area contributed by atoms with Gasteiger partial charge in [0.2, 0.25) is 5.91 Å². The topological polar surface area (TPSA) is 55.6 Å². The van der Waals surface area contributed by atoms with Gasteiger partial charge in [0.05, 0.1) is 5.92 Å². The van der Waals surface area contributed by atoms with Crippen LogP contribution < -0.4 is 10.5 Å². The van der Waals surface area contributed by atoms with Crippen molar-refractivity contribution in [3.63, 3.8) is 0 Å². The zero-order valence-corrected chi connectivity index (χ0v) is 11.8. The maximum atomic E-state index is 12.7. The Morgan fingerprint density at radius 1 is 1.35 bits per heavy atom. The molecule has 1 heterocycles. The zero-order chi connectivity index (χ0) is 13.9. The molecule has 0 spiro atoms.